The third-order valence-corrected chi connectivity index (χ3v) is 4.89. The molecule has 0 atom stereocenters. The molecule has 0 radical (unpaired) electrons. The van der Waals surface area contributed by atoms with Gasteiger partial charge < -0.3 is 14.4 Å². The second-order valence-electron chi connectivity index (χ2n) is 6.93. The van der Waals surface area contributed by atoms with Crippen LogP contribution in [0.25, 0.3) is 22.2 Å². The molecule has 1 saturated heterocycles. The van der Waals surface area contributed by atoms with Gasteiger partial charge in [0.1, 0.15) is 11.6 Å². The van der Waals surface area contributed by atoms with Gasteiger partial charge in [-0.05, 0) is 42.2 Å². The summed E-state index contributed by atoms with van der Waals surface area (Å²) in [6, 6.07) is 14.6. The van der Waals surface area contributed by atoms with Gasteiger partial charge in [0, 0.05) is 19.5 Å². The highest BCUT2D eigenvalue weighted by Crippen LogP contribution is 2.25. The Morgan fingerprint density at radius 2 is 1.89 bits per heavy atom. The van der Waals surface area contributed by atoms with Crippen LogP contribution in [0.1, 0.15) is 18.9 Å². The number of aryl methyl sites for hydroxylation is 1. The van der Waals surface area contributed by atoms with Gasteiger partial charge in [-0.1, -0.05) is 30.3 Å². The van der Waals surface area contributed by atoms with Crippen molar-refractivity contribution in [3.05, 3.63) is 54.2 Å². The summed E-state index contributed by atoms with van der Waals surface area (Å²) in [6.07, 6.45) is 3.20. The van der Waals surface area contributed by atoms with Crippen LogP contribution in [-0.4, -0.2) is 42.1 Å². The molecule has 0 amide bonds. The van der Waals surface area contributed by atoms with Gasteiger partial charge in [-0.3, -0.25) is 4.98 Å². The SMILES string of the molecule is CC(=O)CCc1cccc(-c2ccc3ncc(N4CCOCC4)nc3c2)c1. The molecule has 0 unspecified atom stereocenters. The van der Waals surface area contributed by atoms with Crippen LogP contribution >= 0.6 is 0 Å². The molecule has 0 saturated carbocycles. The first-order valence-electron chi connectivity index (χ1n) is 9.37. The summed E-state index contributed by atoms with van der Waals surface area (Å²) >= 11 is 0. The number of ketones is 1. The van der Waals surface area contributed by atoms with E-state index in [-0.39, 0.29) is 5.78 Å². The van der Waals surface area contributed by atoms with E-state index in [0.717, 1.165) is 60.7 Å². The number of carbonyl (C=O) groups excluding carboxylic acids is 1. The minimum absolute atomic E-state index is 0.219. The summed E-state index contributed by atoms with van der Waals surface area (Å²) < 4.78 is 5.42. The predicted octanol–water partition coefficient (Wildman–Crippen LogP) is 3.66. The molecule has 138 valence electrons. The van der Waals surface area contributed by atoms with E-state index in [1.807, 2.05) is 18.3 Å². The minimum atomic E-state index is 0.219. The van der Waals surface area contributed by atoms with Gasteiger partial charge in [0.25, 0.3) is 0 Å². The molecule has 1 aliphatic rings. The van der Waals surface area contributed by atoms with Crippen LogP contribution in [0.3, 0.4) is 0 Å². The van der Waals surface area contributed by atoms with Gasteiger partial charge in [-0.15, -0.1) is 0 Å². The molecule has 3 aromatic rings. The van der Waals surface area contributed by atoms with Crippen molar-refractivity contribution in [1.82, 2.24) is 9.97 Å². The van der Waals surface area contributed by atoms with Crippen LogP contribution < -0.4 is 4.90 Å². The lowest BCUT2D eigenvalue weighted by atomic mass is 10.00. The highest BCUT2D eigenvalue weighted by molar-refractivity contribution is 5.82. The third kappa shape index (κ3) is 4.14. The van der Waals surface area contributed by atoms with Gasteiger partial charge in [-0.2, -0.15) is 0 Å². The molecule has 1 aromatic heterocycles. The van der Waals surface area contributed by atoms with E-state index < -0.39 is 0 Å². The molecular weight excluding hydrogens is 338 g/mol. The zero-order valence-corrected chi connectivity index (χ0v) is 15.5. The van der Waals surface area contributed by atoms with E-state index in [2.05, 4.69) is 40.2 Å². The molecule has 1 aliphatic heterocycles. The lowest BCUT2D eigenvalue weighted by molar-refractivity contribution is -0.116. The molecule has 0 bridgehead atoms. The van der Waals surface area contributed by atoms with E-state index in [1.165, 1.54) is 5.56 Å². The average Bonchev–Trinajstić information content (AvgIpc) is 2.72. The van der Waals surface area contributed by atoms with Gasteiger partial charge in [0.05, 0.1) is 30.4 Å². The first-order chi connectivity index (χ1) is 13.2. The normalized spacial score (nSPS) is 14.5. The largest absolute Gasteiger partial charge is 0.378 e. The van der Waals surface area contributed by atoms with Gasteiger partial charge >= 0.3 is 0 Å². The van der Waals surface area contributed by atoms with Gasteiger partial charge in [-0.25, -0.2) is 4.98 Å². The van der Waals surface area contributed by atoms with E-state index in [0.29, 0.717) is 6.42 Å². The fourth-order valence-electron chi connectivity index (χ4n) is 3.35. The van der Waals surface area contributed by atoms with E-state index in [4.69, 9.17) is 9.72 Å². The molecule has 1 fully saturated rings. The quantitative estimate of drug-likeness (QED) is 0.694. The number of Topliss-reactive ketones (excluding diaryl/α,β-unsaturated/α-hetero) is 1. The number of ether oxygens (including phenoxy) is 1. The Balaban J connectivity index is 1.64. The maximum absolute atomic E-state index is 11.3. The number of rotatable bonds is 5. The smallest absolute Gasteiger partial charge is 0.148 e. The van der Waals surface area contributed by atoms with Crippen LogP contribution in [0, 0.1) is 0 Å². The Kier molecular flexibility index (Phi) is 5.12. The number of hydrogen-bond donors (Lipinski definition) is 0. The maximum Gasteiger partial charge on any atom is 0.148 e. The Bertz CT molecular complexity index is 965. The Labute approximate surface area is 159 Å². The Morgan fingerprint density at radius 3 is 2.70 bits per heavy atom. The first-order valence-corrected chi connectivity index (χ1v) is 9.37. The number of aromatic nitrogens is 2. The number of fused-ring (bicyclic) bond motifs is 1. The molecular formula is C22H23N3O2. The molecule has 0 spiro atoms. The van der Waals surface area contributed by atoms with E-state index in [9.17, 15) is 4.79 Å². The van der Waals surface area contributed by atoms with Crippen molar-refractivity contribution in [3.63, 3.8) is 0 Å². The topological polar surface area (TPSA) is 55.3 Å². The molecule has 5 heteroatoms. The van der Waals surface area contributed by atoms with Crippen LogP contribution in [0.4, 0.5) is 5.82 Å². The zero-order valence-electron chi connectivity index (χ0n) is 15.5. The number of nitrogens with zero attached hydrogens (tertiary/aromatic N) is 3. The van der Waals surface area contributed by atoms with Gasteiger partial charge in [0.15, 0.2) is 0 Å². The lowest BCUT2D eigenvalue weighted by Gasteiger charge is -2.27. The number of hydrogen-bond acceptors (Lipinski definition) is 5. The number of carbonyl (C=O) groups is 1. The monoisotopic (exact) mass is 361 g/mol. The number of morpholine rings is 1. The average molecular weight is 361 g/mol. The summed E-state index contributed by atoms with van der Waals surface area (Å²) in [4.78, 5) is 22.9. The zero-order chi connectivity index (χ0) is 18.6. The Morgan fingerprint density at radius 1 is 1.07 bits per heavy atom. The van der Waals surface area contributed by atoms with Crippen molar-refractivity contribution in [2.24, 2.45) is 0 Å². The highest BCUT2D eigenvalue weighted by Gasteiger charge is 2.13. The second-order valence-corrected chi connectivity index (χ2v) is 6.93. The summed E-state index contributed by atoms with van der Waals surface area (Å²) in [5, 5.41) is 0. The van der Waals surface area contributed by atoms with Gasteiger partial charge in [0.2, 0.25) is 0 Å². The fraction of sp³-hybridized carbons (Fsp3) is 0.318. The maximum atomic E-state index is 11.3. The molecule has 2 aromatic carbocycles. The summed E-state index contributed by atoms with van der Waals surface area (Å²) in [5.41, 5.74) is 5.21. The Hall–Kier alpha value is -2.79. The van der Waals surface area contributed by atoms with Crippen LogP contribution in [0.5, 0.6) is 0 Å². The molecule has 27 heavy (non-hydrogen) atoms. The van der Waals surface area contributed by atoms with Crippen molar-refractivity contribution < 1.29 is 9.53 Å². The van der Waals surface area contributed by atoms with Crippen LogP contribution in [0.2, 0.25) is 0 Å². The minimum Gasteiger partial charge on any atom is -0.378 e. The molecule has 0 aliphatic carbocycles. The predicted molar refractivity (Wildman–Crippen MR) is 107 cm³/mol. The van der Waals surface area contributed by atoms with Crippen molar-refractivity contribution in [2.75, 3.05) is 31.2 Å². The van der Waals surface area contributed by atoms with Crippen molar-refractivity contribution in [3.8, 4) is 11.1 Å². The number of benzene rings is 2. The molecule has 2 heterocycles. The number of anilines is 1. The molecule has 5 nitrogen and oxygen atoms in total. The van der Waals surface area contributed by atoms with Crippen molar-refractivity contribution in [2.45, 2.75) is 19.8 Å². The van der Waals surface area contributed by atoms with E-state index in [1.54, 1.807) is 6.92 Å². The van der Waals surface area contributed by atoms with E-state index >= 15 is 0 Å². The van der Waals surface area contributed by atoms with Crippen LogP contribution in [-0.2, 0) is 16.0 Å². The summed E-state index contributed by atoms with van der Waals surface area (Å²) in [5.74, 6) is 1.12. The second kappa shape index (κ2) is 7.84. The summed E-state index contributed by atoms with van der Waals surface area (Å²) in [7, 11) is 0. The van der Waals surface area contributed by atoms with Crippen LogP contribution in [0.15, 0.2) is 48.7 Å². The van der Waals surface area contributed by atoms with Crippen molar-refractivity contribution >= 4 is 22.6 Å². The summed E-state index contributed by atoms with van der Waals surface area (Å²) in [6.45, 7) is 4.79. The molecule has 0 N–H and O–H groups in total. The fourth-order valence-corrected chi connectivity index (χ4v) is 3.35. The standard InChI is InChI=1S/C22H23N3O2/c1-16(26)5-6-17-3-2-4-18(13-17)19-7-8-20-21(14-19)24-22(15-23-20)25-9-11-27-12-10-25/h2-4,7-8,13-15H,5-6,9-12H2,1H3. The highest BCUT2D eigenvalue weighted by atomic mass is 16.5. The first kappa shape index (κ1) is 17.6. The lowest BCUT2D eigenvalue weighted by Crippen LogP contribution is -2.36. The third-order valence-electron chi connectivity index (χ3n) is 4.89. The van der Waals surface area contributed by atoms with Crippen molar-refractivity contribution in [1.29, 1.82) is 0 Å². The molecule has 4 rings (SSSR count).